The summed E-state index contributed by atoms with van der Waals surface area (Å²) < 4.78 is 13.0. The van der Waals surface area contributed by atoms with E-state index < -0.39 is 0 Å². The number of rotatable bonds is 2. The van der Waals surface area contributed by atoms with Crippen molar-refractivity contribution in [3.63, 3.8) is 0 Å². The Labute approximate surface area is 103 Å². The van der Waals surface area contributed by atoms with E-state index in [0.29, 0.717) is 12.0 Å². The minimum absolute atomic E-state index is 0.142. The molecule has 1 fully saturated rings. The van der Waals surface area contributed by atoms with Crippen LogP contribution in [0.25, 0.3) is 0 Å². The molecule has 2 N–H and O–H groups in total. The van der Waals surface area contributed by atoms with Gasteiger partial charge in [-0.3, -0.25) is 0 Å². The fraction of sp³-hybridized carbons (Fsp3) is 0.600. The van der Waals surface area contributed by atoms with Crippen molar-refractivity contribution in [1.82, 2.24) is 0 Å². The van der Waals surface area contributed by atoms with Crippen LogP contribution in [0.4, 0.5) is 4.39 Å². The Morgan fingerprint density at radius 3 is 2.76 bits per heavy atom. The minimum atomic E-state index is -0.142. The Morgan fingerprint density at radius 1 is 1.24 bits per heavy atom. The molecule has 1 aliphatic rings. The van der Waals surface area contributed by atoms with Gasteiger partial charge in [0.05, 0.1) is 0 Å². The summed E-state index contributed by atoms with van der Waals surface area (Å²) in [7, 11) is 0. The zero-order valence-electron chi connectivity index (χ0n) is 10.6. The first-order valence-corrected chi connectivity index (χ1v) is 6.67. The molecule has 0 amide bonds. The third-order valence-corrected chi connectivity index (χ3v) is 4.00. The molecule has 0 heterocycles. The van der Waals surface area contributed by atoms with E-state index in [1.807, 2.05) is 13.0 Å². The molecule has 1 saturated carbocycles. The summed E-state index contributed by atoms with van der Waals surface area (Å²) in [6, 6.07) is 5.42. The average Bonchev–Trinajstić information content (AvgIpc) is 2.48. The molecule has 1 aromatic carbocycles. The molecule has 2 unspecified atom stereocenters. The molecule has 1 aromatic rings. The molecule has 0 spiro atoms. The molecule has 17 heavy (non-hydrogen) atoms. The Kier molecular flexibility index (Phi) is 4.16. The number of benzene rings is 1. The quantitative estimate of drug-likeness (QED) is 0.779. The van der Waals surface area contributed by atoms with Crippen LogP contribution >= 0.6 is 0 Å². The zero-order chi connectivity index (χ0) is 12.3. The van der Waals surface area contributed by atoms with Gasteiger partial charge in [-0.1, -0.05) is 25.3 Å². The molecular weight excluding hydrogens is 213 g/mol. The summed E-state index contributed by atoms with van der Waals surface area (Å²) in [4.78, 5) is 0. The topological polar surface area (TPSA) is 26.0 Å². The first-order valence-electron chi connectivity index (χ1n) is 6.67. The summed E-state index contributed by atoms with van der Waals surface area (Å²) in [5.74, 6) is 0.429. The van der Waals surface area contributed by atoms with Crippen molar-refractivity contribution in [2.75, 3.05) is 0 Å². The second kappa shape index (κ2) is 5.63. The summed E-state index contributed by atoms with van der Waals surface area (Å²) in [5, 5.41) is 0. The van der Waals surface area contributed by atoms with E-state index in [9.17, 15) is 4.39 Å². The first kappa shape index (κ1) is 12.6. The van der Waals surface area contributed by atoms with Crippen LogP contribution in [-0.4, -0.2) is 6.04 Å². The van der Waals surface area contributed by atoms with E-state index in [4.69, 9.17) is 5.73 Å². The number of hydrogen-bond acceptors (Lipinski definition) is 1. The smallest absolute Gasteiger partial charge is 0.123 e. The van der Waals surface area contributed by atoms with E-state index >= 15 is 0 Å². The van der Waals surface area contributed by atoms with E-state index in [1.165, 1.54) is 31.2 Å². The molecule has 0 saturated heterocycles. The predicted molar refractivity (Wildman–Crippen MR) is 69.4 cm³/mol. The molecule has 1 aliphatic carbocycles. The third-order valence-electron chi connectivity index (χ3n) is 4.00. The second-order valence-corrected chi connectivity index (χ2v) is 5.34. The van der Waals surface area contributed by atoms with Gasteiger partial charge in [-0.2, -0.15) is 0 Å². The van der Waals surface area contributed by atoms with Gasteiger partial charge in [0.1, 0.15) is 5.82 Å². The minimum Gasteiger partial charge on any atom is -0.327 e. The van der Waals surface area contributed by atoms with Crippen molar-refractivity contribution in [2.24, 2.45) is 11.7 Å². The van der Waals surface area contributed by atoms with Crippen molar-refractivity contribution in [1.29, 1.82) is 0 Å². The molecule has 0 radical (unpaired) electrons. The van der Waals surface area contributed by atoms with Gasteiger partial charge in [0.15, 0.2) is 0 Å². The molecule has 0 aromatic heterocycles. The largest absolute Gasteiger partial charge is 0.327 e. The predicted octanol–water partition coefficient (Wildman–Crippen LogP) is 3.58. The Hall–Kier alpha value is -0.890. The van der Waals surface area contributed by atoms with Gasteiger partial charge >= 0.3 is 0 Å². The van der Waals surface area contributed by atoms with Crippen LogP contribution in [0, 0.1) is 18.7 Å². The van der Waals surface area contributed by atoms with E-state index in [0.717, 1.165) is 18.4 Å². The summed E-state index contributed by atoms with van der Waals surface area (Å²) in [5.41, 5.74) is 8.55. The first-order chi connectivity index (χ1) is 8.16. The highest BCUT2D eigenvalue weighted by Gasteiger charge is 2.21. The number of hydrogen-bond donors (Lipinski definition) is 1. The normalized spacial score (nSPS) is 25.6. The maximum absolute atomic E-state index is 13.0. The highest BCUT2D eigenvalue weighted by Crippen LogP contribution is 2.26. The van der Waals surface area contributed by atoms with Gasteiger partial charge in [0.25, 0.3) is 0 Å². The van der Waals surface area contributed by atoms with Crippen molar-refractivity contribution in [2.45, 2.75) is 51.5 Å². The average molecular weight is 235 g/mol. The highest BCUT2D eigenvalue weighted by molar-refractivity contribution is 5.27. The van der Waals surface area contributed by atoms with Crippen LogP contribution in [0.1, 0.15) is 43.2 Å². The fourth-order valence-corrected chi connectivity index (χ4v) is 2.84. The van der Waals surface area contributed by atoms with Crippen molar-refractivity contribution in [3.8, 4) is 0 Å². The molecule has 0 aliphatic heterocycles. The summed E-state index contributed by atoms with van der Waals surface area (Å²) >= 11 is 0. The van der Waals surface area contributed by atoms with Crippen LogP contribution in [0.15, 0.2) is 18.2 Å². The second-order valence-electron chi connectivity index (χ2n) is 5.34. The van der Waals surface area contributed by atoms with E-state index in [-0.39, 0.29) is 5.82 Å². The lowest BCUT2D eigenvalue weighted by molar-refractivity contribution is 0.394. The number of aryl methyl sites for hydroxylation is 1. The van der Waals surface area contributed by atoms with E-state index in [2.05, 4.69) is 0 Å². The van der Waals surface area contributed by atoms with Crippen LogP contribution < -0.4 is 5.73 Å². The molecule has 0 bridgehead atoms. The van der Waals surface area contributed by atoms with Crippen LogP contribution in [-0.2, 0) is 6.42 Å². The van der Waals surface area contributed by atoms with Gasteiger partial charge in [-0.05, 0) is 55.4 Å². The Morgan fingerprint density at radius 2 is 2.00 bits per heavy atom. The van der Waals surface area contributed by atoms with Gasteiger partial charge in [0, 0.05) is 6.04 Å². The lowest BCUT2D eigenvalue weighted by Gasteiger charge is -2.22. The van der Waals surface area contributed by atoms with Gasteiger partial charge in [-0.15, -0.1) is 0 Å². The molecule has 2 rings (SSSR count). The monoisotopic (exact) mass is 235 g/mol. The van der Waals surface area contributed by atoms with Crippen molar-refractivity contribution >= 4 is 0 Å². The lowest BCUT2D eigenvalue weighted by atomic mass is 9.87. The fourth-order valence-electron chi connectivity index (χ4n) is 2.84. The van der Waals surface area contributed by atoms with Crippen molar-refractivity contribution in [3.05, 3.63) is 35.1 Å². The molecule has 1 nitrogen and oxygen atoms in total. The van der Waals surface area contributed by atoms with Crippen LogP contribution in [0.5, 0.6) is 0 Å². The molecular formula is C15H22FN. The molecule has 2 atom stereocenters. The number of nitrogens with two attached hydrogens (primary N) is 1. The van der Waals surface area contributed by atoms with E-state index in [1.54, 1.807) is 12.1 Å². The SMILES string of the molecule is Cc1cc(F)ccc1CC1CCCCCC1N. The maximum atomic E-state index is 13.0. The summed E-state index contributed by atoms with van der Waals surface area (Å²) in [6.07, 6.45) is 7.24. The van der Waals surface area contributed by atoms with Crippen LogP contribution in [0.3, 0.4) is 0 Å². The zero-order valence-corrected chi connectivity index (χ0v) is 10.6. The molecule has 94 valence electrons. The lowest BCUT2D eigenvalue weighted by Crippen LogP contribution is -2.30. The standard InChI is InChI=1S/C15H22FN/c1-11-9-14(16)8-7-12(11)10-13-5-3-2-4-6-15(13)17/h7-9,13,15H,2-6,10,17H2,1H3. The Balaban J connectivity index is 2.08. The third kappa shape index (κ3) is 3.29. The van der Waals surface area contributed by atoms with Crippen molar-refractivity contribution < 1.29 is 4.39 Å². The number of halogens is 1. The highest BCUT2D eigenvalue weighted by atomic mass is 19.1. The Bertz CT molecular complexity index is 375. The van der Waals surface area contributed by atoms with Crippen LogP contribution in [0.2, 0.25) is 0 Å². The van der Waals surface area contributed by atoms with Gasteiger partial charge in [-0.25, -0.2) is 4.39 Å². The van der Waals surface area contributed by atoms with Gasteiger partial charge < -0.3 is 5.73 Å². The molecule has 2 heteroatoms. The maximum Gasteiger partial charge on any atom is 0.123 e. The summed E-state index contributed by atoms with van der Waals surface area (Å²) in [6.45, 7) is 1.99. The van der Waals surface area contributed by atoms with Gasteiger partial charge in [0.2, 0.25) is 0 Å².